The molecule has 5 nitrogen and oxygen atoms in total. The summed E-state index contributed by atoms with van der Waals surface area (Å²) in [6.07, 6.45) is 1.31. The van der Waals surface area contributed by atoms with Crippen molar-refractivity contribution >= 4 is 5.91 Å². The number of carbonyl (C=O) groups excluding carboxylic acids is 1. The van der Waals surface area contributed by atoms with E-state index in [-0.39, 0.29) is 18.6 Å². The normalized spacial score (nSPS) is 20.4. The van der Waals surface area contributed by atoms with Crippen LogP contribution in [-0.4, -0.2) is 53.3 Å². The number of nitrogens with zero attached hydrogens (tertiary/aromatic N) is 2. The maximum atomic E-state index is 12.1. The molecule has 1 unspecified atom stereocenters. The van der Waals surface area contributed by atoms with Crippen LogP contribution < -0.4 is 0 Å². The summed E-state index contributed by atoms with van der Waals surface area (Å²) in [6.45, 7) is 3.28. The predicted octanol–water partition coefficient (Wildman–Crippen LogP) is 0.223. The van der Waals surface area contributed by atoms with Gasteiger partial charge in [-0.3, -0.25) is 9.78 Å². The average molecular weight is 236 g/mol. The maximum absolute atomic E-state index is 12.1. The lowest BCUT2D eigenvalue weighted by Crippen LogP contribution is -2.46. The molecule has 1 fully saturated rings. The summed E-state index contributed by atoms with van der Waals surface area (Å²) in [5.74, 6) is -0.0562. The average Bonchev–Trinajstić information content (AvgIpc) is 2.39. The predicted molar refractivity (Wildman–Crippen MR) is 61.7 cm³/mol. The van der Waals surface area contributed by atoms with Crippen LogP contribution in [-0.2, 0) is 4.74 Å². The second-order valence-corrected chi connectivity index (χ2v) is 4.11. The molecule has 1 aliphatic rings. The van der Waals surface area contributed by atoms with Crippen LogP contribution in [0, 0.1) is 6.92 Å². The van der Waals surface area contributed by atoms with E-state index in [2.05, 4.69) is 4.98 Å². The Balaban J connectivity index is 2.06. The van der Waals surface area contributed by atoms with E-state index in [1.54, 1.807) is 17.2 Å². The molecule has 0 spiro atoms. The maximum Gasteiger partial charge on any atom is 0.255 e. The van der Waals surface area contributed by atoms with Gasteiger partial charge in [-0.2, -0.15) is 0 Å². The van der Waals surface area contributed by atoms with Gasteiger partial charge in [0.15, 0.2) is 0 Å². The van der Waals surface area contributed by atoms with Crippen molar-refractivity contribution in [3.63, 3.8) is 0 Å². The number of hydrogen-bond acceptors (Lipinski definition) is 4. The highest BCUT2D eigenvalue weighted by Crippen LogP contribution is 2.10. The highest BCUT2D eigenvalue weighted by atomic mass is 16.5. The Hall–Kier alpha value is -1.46. The second kappa shape index (κ2) is 5.25. The fourth-order valence-electron chi connectivity index (χ4n) is 1.79. The molecule has 0 bridgehead atoms. The van der Waals surface area contributed by atoms with Gasteiger partial charge < -0.3 is 14.7 Å². The number of aryl methyl sites for hydroxylation is 1. The first-order chi connectivity index (χ1) is 8.20. The molecule has 0 aromatic carbocycles. The Bertz CT molecular complexity index is 391. The summed E-state index contributed by atoms with van der Waals surface area (Å²) in [7, 11) is 0. The van der Waals surface area contributed by atoms with Crippen LogP contribution in [0.5, 0.6) is 0 Å². The number of aliphatic hydroxyl groups excluding tert-OH is 1. The van der Waals surface area contributed by atoms with Gasteiger partial charge in [-0.15, -0.1) is 0 Å². The van der Waals surface area contributed by atoms with Crippen LogP contribution in [0.25, 0.3) is 0 Å². The molecule has 0 saturated carbocycles. The zero-order chi connectivity index (χ0) is 12.3. The third-order valence-corrected chi connectivity index (χ3v) is 2.79. The summed E-state index contributed by atoms with van der Waals surface area (Å²) < 4.78 is 5.30. The lowest BCUT2D eigenvalue weighted by atomic mass is 10.2. The van der Waals surface area contributed by atoms with Gasteiger partial charge in [0.1, 0.15) is 0 Å². The Morgan fingerprint density at radius 3 is 3.12 bits per heavy atom. The lowest BCUT2D eigenvalue weighted by molar-refractivity contribution is -0.0447. The molecule has 1 N–H and O–H groups in total. The van der Waals surface area contributed by atoms with Crippen molar-refractivity contribution in [1.29, 1.82) is 0 Å². The zero-order valence-corrected chi connectivity index (χ0v) is 9.80. The molecule has 1 aromatic rings. The molecular weight excluding hydrogens is 220 g/mol. The first kappa shape index (κ1) is 12.0. The molecule has 0 radical (unpaired) electrons. The number of amides is 1. The van der Waals surface area contributed by atoms with Crippen LogP contribution >= 0.6 is 0 Å². The number of rotatable bonds is 2. The SMILES string of the molecule is Cc1ccc(C(=O)N2CCOC(CO)C2)cn1. The number of morpholine rings is 1. The molecule has 92 valence electrons. The minimum absolute atomic E-state index is 0.0562. The molecule has 0 aliphatic carbocycles. The number of ether oxygens (including phenoxy) is 1. The van der Waals surface area contributed by atoms with Crippen molar-refractivity contribution in [3.05, 3.63) is 29.6 Å². The van der Waals surface area contributed by atoms with Gasteiger partial charge in [0, 0.05) is 25.0 Å². The van der Waals surface area contributed by atoms with E-state index in [0.717, 1.165) is 5.69 Å². The molecule has 1 amide bonds. The molecule has 1 saturated heterocycles. The molecule has 1 atom stereocenters. The minimum Gasteiger partial charge on any atom is -0.394 e. The van der Waals surface area contributed by atoms with Crippen LogP contribution in [0.3, 0.4) is 0 Å². The second-order valence-electron chi connectivity index (χ2n) is 4.11. The first-order valence-corrected chi connectivity index (χ1v) is 5.65. The van der Waals surface area contributed by atoms with E-state index in [0.29, 0.717) is 25.3 Å². The molecular formula is C12H16N2O3. The molecule has 1 aliphatic heterocycles. The van der Waals surface area contributed by atoms with E-state index in [1.807, 2.05) is 13.0 Å². The van der Waals surface area contributed by atoms with Crippen LogP contribution in [0.2, 0.25) is 0 Å². The van der Waals surface area contributed by atoms with Gasteiger partial charge in [0.25, 0.3) is 5.91 Å². The molecule has 2 rings (SSSR count). The van der Waals surface area contributed by atoms with Crippen LogP contribution in [0.4, 0.5) is 0 Å². The van der Waals surface area contributed by atoms with Crippen molar-refractivity contribution in [2.75, 3.05) is 26.3 Å². The summed E-state index contributed by atoms with van der Waals surface area (Å²) in [5, 5.41) is 9.02. The Labute approximate surface area is 100 Å². The molecule has 1 aromatic heterocycles. The first-order valence-electron chi connectivity index (χ1n) is 5.65. The fourth-order valence-corrected chi connectivity index (χ4v) is 1.79. The third-order valence-electron chi connectivity index (χ3n) is 2.79. The monoisotopic (exact) mass is 236 g/mol. The Morgan fingerprint density at radius 2 is 2.47 bits per heavy atom. The van der Waals surface area contributed by atoms with Gasteiger partial charge >= 0.3 is 0 Å². The fraction of sp³-hybridized carbons (Fsp3) is 0.500. The van der Waals surface area contributed by atoms with E-state index < -0.39 is 0 Å². The van der Waals surface area contributed by atoms with E-state index in [1.165, 1.54) is 0 Å². The Morgan fingerprint density at radius 1 is 1.65 bits per heavy atom. The summed E-state index contributed by atoms with van der Waals surface area (Å²) >= 11 is 0. The topological polar surface area (TPSA) is 62.7 Å². The van der Waals surface area contributed by atoms with Gasteiger partial charge in [-0.05, 0) is 19.1 Å². The minimum atomic E-state index is -0.272. The smallest absolute Gasteiger partial charge is 0.255 e. The highest BCUT2D eigenvalue weighted by molar-refractivity contribution is 5.94. The number of carbonyl (C=O) groups is 1. The van der Waals surface area contributed by atoms with Gasteiger partial charge in [0.2, 0.25) is 0 Å². The lowest BCUT2D eigenvalue weighted by Gasteiger charge is -2.32. The van der Waals surface area contributed by atoms with Crippen LogP contribution in [0.1, 0.15) is 16.1 Å². The molecule has 2 heterocycles. The van der Waals surface area contributed by atoms with Crippen LogP contribution in [0.15, 0.2) is 18.3 Å². The summed E-state index contributed by atoms with van der Waals surface area (Å²) in [5.41, 5.74) is 1.46. The van der Waals surface area contributed by atoms with E-state index >= 15 is 0 Å². The van der Waals surface area contributed by atoms with E-state index in [4.69, 9.17) is 9.84 Å². The van der Waals surface area contributed by atoms with Crippen molar-refractivity contribution in [1.82, 2.24) is 9.88 Å². The molecule has 5 heteroatoms. The van der Waals surface area contributed by atoms with Crippen molar-refractivity contribution in [3.8, 4) is 0 Å². The number of pyridine rings is 1. The van der Waals surface area contributed by atoms with Gasteiger partial charge in [0.05, 0.1) is 24.9 Å². The van der Waals surface area contributed by atoms with Crippen molar-refractivity contribution in [2.45, 2.75) is 13.0 Å². The highest BCUT2D eigenvalue weighted by Gasteiger charge is 2.24. The van der Waals surface area contributed by atoms with Crippen molar-refractivity contribution in [2.24, 2.45) is 0 Å². The largest absolute Gasteiger partial charge is 0.394 e. The Kier molecular flexibility index (Phi) is 3.71. The number of aromatic nitrogens is 1. The van der Waals surface area contributed by atoms with Gasteiger partial charge in [-0.1, -0.05) is 0 Å². The zero-order valence-electron chi connectivity index (χ0n) is 9.80. The standard InChI is InChI=1S/C12H16N2O3/c1-9-2-3-10(6-13-9)12(16)14-4-5-17-11(7-14)8-15/h2-3,6,11,15H,4-5,7-8H2,1H3. The number of hydrogen-bond donors (Lipinski definition) is 1. The quantitative estimate of drug-likeness (QED) is 0.798. The third kappa shape index (κ3) is 2.81. The molecule has 17 heavy (non-hydrogen) atoms. The summed E-state index contributed by atoms with van der Waals surface area (Å²) in [4.78, 5) is 17.9. The van der Waals surface area contributed by atoms with Gasteiger partial charge in [-0.25, -0.2) is 0 Å². The number of aliphatic hydroxyl groups is 1. The summed E-state index contributed by atoms with van der Waals surface area (Å²) in [6, 6.07) is 3.59. The van der Waals surface area contributed by atoms with Crippen molar-refractivity contribution < 1.29 is 14.6 Å². The van der Waals surface area contributed by atoms with E-state index in [9.17, 15) is 4.79 Å².